The monoisotopic (exact) mass is 911 g/mol. The maximum absolute atomic E-state index is 13.7. The molecule has 4 saturated carbocycles. The fraction of sp³-hybridized carbons (Fsp3) is 0.938. The summed E-state index contributed by atoms with van der Waals surface area (Å²) in [5, 5.41) is 85.3. The van der Waals surface area contributed by atoms with E-state index in [9.17, 15) is 45.6 Å². The first kappa shape index (κ1) is 49.1. The van der Waals surface area contributed by atoms with E-state index in [1.54, 1.807) is 7.11 Å². The van der Waals surface area contributed by atoms with Crippen molar-refractivity contribution in [1.29, 1.82) is 0 Å². The molecule has 3 saturated heterocycles. The quantitative estimate of drug-likeness (QED) is 0.0991. The van der Waals surface area contributed by atoms with Gasteiger partial charge in [-0.05, 0) is 116 Å². The van der Waals surface area contributed by atoms with Gasteiger partial charge in [0, 0.05) is 0 Å². The maximum Gasteiger partial charge on any atom is 0.312 e. The zero-order chi connectivity index (χ0) is 46.7. The summed E-state index contributed by atoms with van der Waals surface area (Å²) in [7, 11) is 1.54. The Hall–Kier alpha value is -1.35. The summed E-state index contributed by atoms with van der Waals surface area (Å²) in [6.07, 6.45) is -9.23. The molecule has 0 aromatic carbocycles. The lowest BCUT2D eigenvalue weighted by atomic mass is 9.33. The second-order valence-electron chi connectivity index (χ2n) is 23.2. The van der Waals surface area contributed by atoms with Crippen molar-refractivity contribution in [1.82, 2.24) is 0 Å². The molecule has 0 aromatic heterocycles. The molecule has 0 amide bonds. The van der Waals surface area contributed by atoms with Crippen molar-refractivity contribution in [3.63, 3.8) is 0 Å². The van der Waals surface area contributed by atoms with Gasteiger partial charge < -0.3 is 74.0 Å². The van der Waals surface area contributed by atoms with Gasteiger partial charge in [0.25, 0.3) is 0 Å². The molecule has 8 aliphatic rings. The molecule has 8 rings (SSSR count). The first-order valence-electron chi connectivity index (χ1n) is 24.0. The van der Waals surface area contributed by atoms with Crippen LogP contribution in [0.5, 0.6) is 0 Å². The van der Waals surface area contributed by atoms with E-state index in [-0.39, 0.29) is 52.2 Å². The SMILES string of the molecule is COC(=O)[C@]12CCC(C)(C)C[C@H]1C1=CC[C@@H]3[C@@]4(C)CC[C@H](O[C@@H]5OC[C@H](O[C@@H]6O[C@H](CO)[C@@H](O)[C@H](O)[C@H]6O)[C@H](O)[C@H]5O[C@@H]5O[C@@H](C)[C@H](O)[C@@H](O)[C@H]5O)C(C)(C)[C@@H]4CC[C@@]3(C)[C@]1(C)CC2. The highest BCUT2D eigenvalue weighted by atomic mass is 16.8. The summed E-state index contributed by atoms with van der Waals surface area (Å²) in [5.74, 6) is 0.739. The summed E-state index contributed by atoms with van der Waals surface area (Å²) in [4.78, 5) is 13.7. The van der Waals surface area contributed by atoms with Crippen molar-refractivity contribution in [2.75, 3.05) is 20.3 Å². The van der Waals surface area contributed by atoms with Crippen LogP contribution >= 0.6 is 0 Å². The lowest BCUT2D eigenvalue weighted by Crippen LogP contribution is -2.66. The lowest BCUT2D eigenvalue weighted by molar-refractivity contribution is -0.380. The number of hydrogen-bond donors (Lipinski definition) is 8. The molecular formula is C48H78O16. The van der Waals surface area contributed by atoms with Gasteiger partial charge in [-0.15, -0.1) is 0 Å². The highest BCUT2D eigenvalue weighted by Gasteiger charge is 2.70. The number of ether oxygens (including phenoxy) is 7. The predicted octanol–water partition coefficient (Wildman–Crippen LogP) is 2.46. The van der Waals surface area contributed by atoms with Crippen molar-refractivity contribution in [2.24, 2.45) is 50.2 Å². The van der Waals surface area contributed by atoms with Crippen molar-refractivity contribution in [2.45, 2.75) is 212 Å². The summed E-state index contributed by atoms with van der Waals surface area (Å²) >= 11 is 0. The number of allylic oxidation sites excluding steroid dienone is 2. The zero-order valence-corrected chi connectivity index (χ0v) is 39.3. The number of carbonyl (C=O) groups excluding carboxylic acids is 1. The third kappa shape index (κ3) is 7.59. The Morgan fingerprint density at radius 3 is 2.05 bits per heavy atom. The minimum absolute atomic E-state index is 0.00240. The molecule has 5 aliphatic carbocycles. The first-order chi connectivity index (χ1) is 29.9. The minimum atomic E-state index is -1.74. The molecule has 8 N–H and O–H groups in total. The van der Waals surface area contributed by atoms with Crippen LogP contribution in [-0.2, 0) is 38.0 Å². The van der Waals surface area contributed by atoms with Gasteiger partial charge in [-0.2, -0.15) is 0 Å². The van der Waals surface area contributed by atoms with Gasteiger partial charge in [-0.25, -0.2) is 0 Å². The van der Waals surface area contributed by atoms with E-state index in [2.05, 4.69) is 54.5 Å². The molecule has 22 atom stereocenters. The second-order valence-corrected chi connectivity index (χ2v) is 23.2. The van der Waals surface area contributed by atoms with E-state index in [1.165, 1.54) is 12.5 Å². The van der Waals surface area contributed by atoms with Crippen molar-refractivity contribution in [3.8, 4) is 0 Å². The van der Waals surface area contributed by atoms with Gasteiger partial charge in [-0.3, -0.25) is 4.79 Å². The van der Waals surface area contributed by atoms with Gasteiger partial charge in [-0.1, -0.05) is 60.1 Å². The molecule has 0 aromatic rings. The lowest BCUT2D eigenvalue weighted by Gasteiger charge is -2.71. The molecular weight excluding hydrogens is 833 g/mol. The van der Waals surface area contributed by atoms with Crippen LogP contribution < -0.4 is 0 Å². The second kappa shape index (κ2) is 17.3. The topological polar surface area (TPSA) is 244 Å². The Kier molecular flexibility index (Phi) is 13.2. The summed E-state index contributed by atoms with van der Waals surface area (Å²) in [5.41, 5.74) is 0.621. The van der Waals surface area contributed by atoms with E-state index in [0.29, 0.717) is 12.3 Å². The van der Waals surface area contributed by atoms with Gasteiger partial charge in [0.1, 0.15) is 61.0 Å². The number of methoxy groups -OCH3 is 1. The number of hydrogen-bond acceptors (Lipinski definition) is 16. The normalized spacial score (nSPS) is 53.4. The Morgan fingerprint density at radius 2 is 1.38 bits per heavy atom. The Bertz CT molecular complexity index is 1740. The van der Waals surface area contributed by atoms with Gasteiger partial charge in [0.15, 0.2) is 18.9 Å². The van der Waals surface area contributed by atoms with E-state index in [1.807, 2.05) is 0 Å². The average Bonchev–Trinajstić information content (AvgIpc) is 3.24. The van der Waals surface area contributed by atoms with E-state index >= 15 is 0 Å². The van der Waals surface area contributed by atoms with Crippen LogP contribution in [0.25, 0.3) is 0 Å². The number of carbonyl (C=O) groups is 1. The molecule has 64 heavy (non-hydrogen) atoms. The van der Waals surface area contributed by atoms with Crippen LogP contribution in [0.15, 0.2) is 11.6 Å². The molecule has 3 aliphatic heterocycles. The molecule has 0 radical (unpaired) electrons. The summed E-state index contributed by atoms with van der Waals surface area (Å²) < 4.78 is 42.4. The highest BCUT2D eigenvalue weighted by molar-refractivity contribution is 5.78. The van der Waals surface area contributed by atoms with Crippen molar-refractivity contribution in [3.05, 3.63) is 11.6 Å². The number of fused-ring (bicyclic) bond motifs is 7. The number of rotatable bonds is 8. The molecule has 0 bridgehead atoms. The minimum Gasteiger partial charge on any atom is -0.469 e. The standard InChI is InChI=1S/C48H78O16/c1-23-31(50)34(53)36(55)39(60-23)64-38-33(52)27(62-40-37(56)35(54)32(51)26(21-49)61-40)22-59-41(38)63-30-13-14-45(6)28(44(30,4)5)12-15-47(8)29(45)11-10-24-25-20-43(2,3)16-18-48(25,42(57)58-9)19-17-46(24,47)7/h10,23,25-41,49-56H,11-22H2,1-9H3/t23-,25-,26+,27-,28-,29+,30-,31-,32+,33-,34+,35-,36+,37+,38+,39-,40-,41-,45-,46+,47+,48-/m0/s1. The summed E-state index contributed by atoms with van der Waals surface area (Å²) in [6.45, 7) is 17.2. The predicted molar refractivity (Wildman–Crippen MR) is 228 cm³/mol. The van der Waals surface area contributed by atoms with E-state index in [0.717, 1.165) is 57.8 Å². The Balaban J connectivity index is 1.04. The van der Waals surface area contributed by atoms with Crippen LogP contribution in [0.2, 0.25) is 0 Å². The average molecular weight is 911 g/mol. The van der Waals surface area contributed by atoms with Crippen LogP contribution in [0.4, 0.5) is 0 Å². The molecule has 3 heterocycles. The fourth-order valence-corrected chi connectivity index (χ4v) is 15.0. The largest absolute Gasteiger partial charge is 0.469 e. The van der Waals surface area contributed by atoms with Crippen LogP contribution in [0.3, 0.4) is 0 Å². The smallest absolute Gasteiger partial charge is 0.312 e. The molecule has 16 heteroatoms. The van der Waals surface area contributed by atoms with Gasteiger partial charge >= 0.3 is 5.97 Å². The molecule has 366 valence electrons. The molecule has 16 nitrogen and oxygen atoms in total. The highest BCUT2D eigenvalue weighted by Crippen LogP contribution is 2.76. The maximum atomic E-state index is 13.7. The molecule has 0 unspecified atom stereocenters. The first-order valence-corrected chi connectivity index (χ1v) is 24.0. The third-order valence-electron chi connectivity index (χ3n) is 19.1. The van der Waals surface area contributed by atoms with E-state index < -0.39 is 103 Å². The van der Waals surface area contributed by atoms with Gasteiger partial charge in [0.05, 0.1) is 37.9 Å². The Morgan fingerprint density at radius 1 is 0.719 bits per heavy atom. The number of aliphatic hydroxyl groups excluding tert-OH is 8. The van der Waals surface area contributed by atoms with Crippen molar-refractivity contribution >= 4 is 5.97 Å². The number of esters is 1. The van der Waals surface area contributed by atoms with Crippen LogP contribution in [0, 0.1) is 50.2 Å². The van der Waals surface area contributed by atoms with Gasteiger partial charge in [0.2, 0.25) is 0 Å². The van der Waals surface area contributed by atoms with Crippen LogP contribution in [-0.4, -0.2) is 159 Å². The van der Waals surface area contributed by atoms with E-state index in [4.69, 9.17) is 33.2 Å². The number of aliphatic hydroxyl groups is 8. The Labute approximate surface area is 377 Å². The fourth-order valence-electron chi connectivity index (χ4n) is 15.0. The summed E-state index contributed by atoms with van der Waals surface area (Å²) in [6, 6.07) is 0. The van der Waals surface area contributed by atoms with Crippen LogP contribution in [0.1, 0.15) is 120 Å². The molecule has 0 spiro atoms. The zero-order valence-electron chi connectivity index (χ0n) is 39.3. The van der Waals surface area contributed by atoms with Crippen molar-refractivity contribution < 1.29 is 78.8 Å². The molecule has 7 fully saturated rings. The third-order valence-corrected chi connectivity index (χ3v) is 19.1.